The fourth-order valence-corrected chi connectivity index (χ4v) is 5.01. The highest BCUT2D eigenvalue weighted by Gasteiger charge is 2.21. The molecule has 1 fully saturated rings. The van der Waals surface area contributed by atoms with Gasteiger partial charge in [0.25, 0.3) is 0 Å². The molecule has 1 saturated heterocycles. The monoisotopic (exact) mass is 451 g/mol. The van der Waals surface area contributed by atoms with Crippen LogP contribution >= 0.6 is 11.3 Å². The Morgan fingerprint density at radius 2 is 2.16 bits per heavy atom. The van der Waals surface area contributed by atoms with Crippen LogP contribution in [0, 0.1) is 0 Å². The molecule has 5 rings (SSSR count). The number of carbonyl (C=O) groups excluding carboxylic acids is 1. The number of hydrogen-bond donors (Lipinski definition) is 3. The van der Waals surface area contributed by atoms with Crippen LogP contribution in [0.1, 0.15) is 17.7 Å². The number of nitrogens with two attached hydrogens (primary N) is 1. The summed E-state index contributed by atoms with van der Waals surface area (Å²) >= 11 is 1.71. The van der Waals surface area contributed by atoms with Crippen LogP contribution in [0.5, 0.6) is 0 Å². The van der Waals surface area contributed by atoms with E-state index in [1.165, 1.54) is 4.88 Å². The molecule has 1 amide bonds. The lowest BCUT2D eigenvalue weighted by atomic mass is 10.1. The number of primary amides is 1. The van der Waals surface area contributed by atoms with E-state index in [0.717, 1.165) is 65.1 Å². The zero-order chi connectivity index (χ0) is 21.9. The number of fused-ring (bicyclic) bond motifs is 2. The molecule has 1 aliphatic rings. The second-order valence-corrected chi connectivity index (χ2v) is 8.92. The van der Waals surface area contributed by atoms with Gasteiger partial charge >= 0.3 is 0 Å². The minimum absolute atomic E-state index is 0.265. The molecule has 0 radical (unpaired) electrons. The summed E-state index contributed by atoms with van der Waals surface area (Å²) < 4.78 is 6.64. The molecule has 166 valence electrons. The summed E-state index contributed by atoms with van der Waals surface area (Å²) in [4.78, 5) is 24.3. The number of morpholine rings is 1. The zero-order valence-corrected chi connectivity index (χ0v) is 18.5. The summed E-state index contributed by atoms with van der Waals surface area (Å²) in [5.74, 6) is 1.39. The number of carbonyl (C=O) groups is 1. The van der Waals surface area contributed by atoms with Crippen molar-refractivity contribution in [2.45, 2.75) is 19.4 Å². The second-order valence-electron chi connectivity index (χ2n) is 7.78. The zero-order valence-electron chi connectivity index (χ0n) is 17.6. The van der Waals surface area contributed by atoms with Crippen LogP contribution in [0.15, 0.2) is 30.5 Å². The molecule has 1 aromatic carbocycles. The molecule has 4 N–H and O–H groups in total. The van der Waals surface area contributed by atoms with Gasteiger partial charge in [0.2, 0.25) is 5.91 Å². The number of thiophene rings is 1. The van der Waals surface area contributed by atoms with Crippen LogP contribution in [-0.4, -0.2) is 58.9 Å². The van der Waals surface area contributed by atoms with E-state index in [9.17, 15) is 4.79 Å². The van der Waals surface area contributed by atoms with Crippen molar-refractivity contribution < 1.29 is 9.53 Å². The van der Waals surface area contributed by atoms with Crippen molar-refractivity contribution in [2.75, 3.05) is 37.7 Å². The van der Waals surface area contributed by atoms with Crippen LogP contribution in [0.3, 0.4) is 0 Å². The van der Waals surface area contributed by atoms with E-state index in [4.69, 9.17) is 20.4 Å². The smallest absolute Gasteiger partial charge is 0.217 e. The number of H-pyrrole nitrogens is 1. The molecule has 3 aromatic heterocycles. The molecule has 0 aliphatic carbocycles. The Kier molecular flexibility index (Phi) is 5.97. The lowest BCUT2D eigenvalue weighted by Crippen LogP contribution is -2.36. The quantitative estimate of drug-likeness (QED) is 0.352. The molecule has 1 aliphatic heterocycles. The second kappa shape index (κ2) is 9.19. The van der Waals surface area contributed by atoms with Crippen LogP contribution < -0.4 is 16.0 Å². The van der Waals surface area contributed by atoms with E-state index in [1.807, 2.05) is 24.4 Å². The topological polar surface area (TPSA) is 122 Å². The fourth-order valence-electron chi connectivity index (χ4n) is 3.92. The average molecular weight is 452 g/mol. The maximum Gasteiger partial charge on any atom is 0.217 e. The first-order chi connectivity index (χ1) is 15.7. The van der Waals surface area contributed by atoms with Gasteiger partial charge in [0.05, 0.1) is 35.1 Å². The number of ether oxygens (including phenoxy) is 1. The van der Waals surface area contributed by atoms with E-state index >= 15 is 0 Å². The molecule has 0 saturated carbocycles. The average Bonchev–Trinajstić information content (AvgIpc) is 3.45. The molecular weight excluding hydrogens is 426 g/mol. The third-order valence-corrected chi connectivity index (χ3v) is 6.64. The van der Waals surface area contributed by atoms with Crippen molar-refractivity contribution in [2.24, 2.45) is 5.73 Å². The lowest BCUT2D eigenvalue weighted by Gasteiger charge is -2.28. The molecule has 4 heterocycles. The van der Waals surface area contributed by atoms with Gasteiger partial charge in [-0.1, -0.05) is 12.1 Å². The predicted octanol–water partition coefficient (Wildman–Crippen LogP) is 2.43. The van der Waals surface area contributed by atoms with E-state index in [0.29, 0.717) is 25.5 Å². The van der Waals surface area contributed by atoms with Gasteiger partial charge in [-0.2, -0.15) is 5.10 Å². The number of aromatic nitrogens is 4. The normalized spacial score (nSPS) is 14.4. The Morgan fingerprint density at radius 3 is 3.00 bits per heavy atom. The Balaban J connectivity index is 1.50. The van der Waals surface area contributed by atoms with Gasteiger partial charge in [0.1, 0.15) is 0 Å². The van der Waals surface area contributed by atoms with Crippen LogP contribution in [0.4, 0.5) is 5.82 Å². The summed E-state index contributed by atoms with van der Waals surface area (Å²) in [7, 11) is 0. The van der Waals surface area contributed by atoms with Crippen LogP contribution in [0.25, 0.3) is 32.5 Å². The minimum atomic E-state index is -0.265. The van der Waals surface area contributed by atoms with Gasteiger partial charge in [-0.3, -0.25) is 9.89 Å². The van der Waals surface area contributed by atoms with Crippen LogP contribution in [0.2, 0.25) is 0 Å². The van der Waals surface area contributed by atoms with E-state index in [1.54, 1.807) is 11.3 Å². The predicted molar refractivity (Wildman–Crippen MR) is 126 cm³/mol. The molecule has 32 heavy (non-hydrogen) atoms. The number of nitrogens with zero attached hydrogens (tertiary/aromatic N) is 4. The molecule has 0 bridgehead atoms. The van der Waals surface area contributed by atoms with Gasteiger partial charge in [0.15, 0.2) is 11.6 Å². The highest BCUT2D eigenvalue weighted by Crippen LogP contribution is 2.35. The number of aromatic amines is 1. The van der Waals surface area contributed by atoms with Gasteiger partial charge in [-0.15, -0.1) is 11.3 Å². The van der Waals surface area contributed by atoms with Crippen molar-refractivity contribution in [3.05, 3.63) is 35.3 Å². The Bertz CT molecular complexity index is 1250. The molecule has 0 spiro atoms. The number of amides is 1. The number of anilines is 1. The number of hydrogen-bond acceptors (Lipinski definition) is 8. The highest BCUT2D eigenvalue weighted by molar-refractivity contribution is 7.19. The Morgan fingerprint density at radius 1 is 1.28 bits per heavy atom. The number of rotatable bonds is 8. The van der Waals surface area contributed by atoms with Crippen molar-refractivity contribution in [1.29, 1.82) is 0 Å². The standard InChI is InChI=1S/C22H25N7O2S/c23-19(30)5-2-6-24-12-14-11-18-20(32-14)22(29-7-9-31-10-8-29)27-21(26-18)15-3-1-4-17-16(15)13-25-28-17/h1,3-4,11,13,24H,2,5-10,12H2,(H2,23,30)(H,25,28). The van der Waals surface area contributed by atoms with Crippen molar-refractivity contribution in [3.63, 3.8) is 0 Å². The summed E-state index contributed by atoms with van der Waals surface area (Å²) in [5.41, 5.74) is 8.08. The molecule has 0 unspecified atom stereocenters. The molecule has 0 atom stereocenters. The van der Waals surface area contributed by atoms with Gasteiger partial charge < -0.3 is 20.7 Å². The lowest BCUT2D eigenvalue weighted by molar-refractivity contribution is -0.118. The minimum Gasteiger partial charge on any atom is -0.378 e. The van der Waals surface area contributed by atoms with E-state index in [-0.39, 0.29) is 5.91 Å². The van der Waals surface area contributed by atoms with E-state index < -0.39 is 0 Å². The molecule has 9 nitrogen and oxygen atoms in total. The summed E-state index contributed by atoms with van der Waals surface area (Å²) in [6, 6.07) is 8.16. The fraction of sp³-hybridized carbons (Fsp3) is 0.364. The third-order valence-electron chi connectivity index (χ3n) is 5.52. The van der Waals surface area contributed by atoms with Gasteiger partial charge in [-0.05, 0) is 25.1 Å². The van der Waals surface area contributed by atoms with Crippen molar-refractivity contribution >= 4 is 44.2 Å². The van der Waals surface area contributed by atoms with E-state index in [2.05, 4.69) is 26.5 Å². The number of benzene rings is 1. The van der Waals surface area contributed by atoms with Gasteiger partial charge in [0, 0.05) is 41.9 Å². The van der Waals surface area contributed by atoms with Crippen LogP contribution in [-0.2, 0) is 16.1 Å². The third kappa shape index (κ3) is 4.29. The highest BCUT2D eigenvalue weighted by atomic mass is 32.1. The molecular formula is C22H25N7O2S. The van der Waals surface area contributed by atoms with Gasteiger partial charge in [-0.25, -0.2) is 9.97 Å². The maximum atomic E-state index is 10.9. The first kappa shape index (κ1) is 20.8. The maximum absolute atomic E-state index is 10.9. The molecule has 4 aromatic rings. The summed E-state index contributed by atoms with van der Waals surface area (Å²) in [5, 5.41) is 11.6. The SMILES string of the molecule is NC(=O)CCCNCc1cc2nc(-c3cccc4[nH]ncc34)nc(N3CCOCC3)c2s1. The van der Waals surface area contributed by atoms with Crippen molar-refractivity contribution in [3.8, 4) is 11.4 Å². The Hall–Kier alpha value is -3.08. The first-order valence-corrected chi connectivity index (χ1v) is 11.6. The summed E-state index contributed by atoms with van der Waals surface area (Å²) in [6.07, 6.45) is 2.95. The molecule has 10 heteroatoms. The number of nitrogens with one attached hydrogen (secondary N) is 2. The largest absolute Gasteiger partial charge is 0.378 e. The first-order valence-electron chi connectivity index (χ1n) is 10.7. The van der Waals surface area contributed by atoms with Crippen molar-refractivity contribution in [1.82, 2.24) is 25.5 Å². The Labute approximate surface area is 189 Å². The summed E-state index contributed by atoms with van der Waals surface area (Å²) in [6.45, 7) is 4.46.